The molecule has 0 bridgehead atoms. The van der Waals surface area contributed by atoms with Crippen LogP contribution in [0.4, 0.5) is 15.6 Å². The predicted octanol–water partition coefficient (Wildman–Crippen LogP) is 4.56. The highest BCUT2D eigenvalue weighted by molar-refractivity contribution is 7.71. The Balaban J connectivity index is 1.59. The normalized spacial score (nSPS) is 11.5. The number of nitrogen functional groups attached to an aromatic ring is 1. The molecule has 0 aliphatic carbocycles. The van der Waals surface area contributed by atoms with Crippen LogP contribution in [-0.2, 0) is 40.5 Å². The van der Waals surface area contributed by atoms with Gasteiger partial charge >= 0.3 is 6.09 Å². The van der Waals surface area contributed by atoms with Gasteiger partial charge in [-0.15, -0.1) is 11.3 Å². The Labute approximate surface area is 200 Å². The average molecular weight is 488 g/mol. The second-order valence-electron chi connectivity index (χ2n) is 8.73. The Hall–Kier alpha value is -2.91. The number of rotatable bonds is 8. The first-order valence-electron chi connectivity index (χ1n) is 10.6. The van der Waals surface area contributed by atoms with E-state index in [-0.39, 0.29) is 5.75 Å². The predicted molar refractivity (Wildman–Crippen MR) is 133 cm³/mol. The number of nitrogens with zero attached hydrogens (tertiary/aromatic N) is 1. The van der Waals surface area contributed by atoms with Crippen LogP contribution in [0.25, 0.3) is 0 Å². The standard InChI is InChI=1S/C24H29N3O4S2/c1-24(2,3)31-23(28)26-19-11-8-16(9-12-19)10-13-20-21(32-22(25)27-20)14-17-4-6-18(7-5-17)15-33(29)30/h4-9,11-12,33H,10,13-15H2,1-3H3,(H2,25,27)(H,26,28). The van der Waals surface area contributed by atoms with Crippen molar-refractivity contribution in [3.05, 3.63) is 75.8 Å². The fourth-order valence-corrected chi connectivity index (χ4v) is 4.69. The van der Waals surface area contributed by atoms with Crippen molar-refractivity contribution >= 4 is 39.0 Å². The number of ether oxygens (including phenoxy) is 1. The summed E-state index contributed by atoms with van der Waals surface area (Å²) in [6.45, 7) is 5.47. The first kappa shape index (κ1) is 24.7. The maximum Gasteiger partial charge on any atom is 0.412 e. The van der Waals surface area contributed by atoms with Gasteiger partial charge in [0.15, 0.2) is 5.13 Å². The van der Waals surface area contributed by atoms with E-state index in [9.17, 15) is 13.2 Å². The fourth-order valence-electron chi connectivity index (χ4n) is 3.27. The van der Waals surface area contributed by atoms with Crippen molar-refractivity contribution in [1.29, 1.82) is 0 Å². The molecular formula is C24H29N3O4S2. The lowest BCUT2D eigenvalue weighted by atomic mass is 10.0. The van der Waals surface area contributed by atoms with Gasteiger partial charge in [0.2, 0.25) is 0 Å². The van der Waals surface area contributed by atoms with Crippen LogP contribution < -0.4 is 11.1 Å². The van der Waals surface area contributed by atoms with E-state index in [2.05, 4.69) is 10.3 Å². The van der Waals surface area contributed by atoms with Crippen LogP contribution in [0.15, 0.2) is 48.5 Å². The van der Waals surface area contributed by atoms with Gasteiger partial charge in [0.1, 0.15) is 16.3 Å². The summed E-state index contributed by atoms with van der Waals surface area (Å²) in [5.41, 5.74) is 10.1. The summed E-state index contributed by atoms with van der Waals surface area (Å²) in [4.78, 5) is 17.5. The zero-order chi connectivity index (χ0) is 24.0. The van der Waals surface area contributed by atoms with Crippen LogP contribution in [0.5, 0.6) is 0 Å². The van der Waals surface area contributed by atoms with Gasteiger partial charge in [-0.1, -0.05) is 36.4 Å². The number of nitrogens with two attached hydrogens (primary N) is 1. The lowest BCUT2D eigenvalue weighted by Gasteiger charge is -2.19. The maximum absolute atomic E-state index is 11.9. The van der Waals surface area contributed by atoms with Crippen LogP contribution in [0.3, 0.4) is 0 Å². The number of amides is 1. The molecule has 7 nitrogen and oxygen atoms in total. The van der Waals surface area contributed by atoms with Crippen LogP contribution in [0.1, 0.15) is 48.0 Å². The topological polar surface area (TPSA) is 111 Å². The zero-order valence-electron chi connectivity index (χ0n) is 19.0. The van der Waals surface area contributed by atoms with Gasteiger partial charge < -0.3 is 10.5 Å². The summed E-state index contributed by atoms with van der Waals surface area (Å²) in [6, 6.07) is 15.2. The molecule has 3 N–H and O–H groups in total. The van der Waals surface area contributed by atoms with Crippen molar-refractivity contribution in [2.24, 2.45) is 0 Å². The lowest BCUT2D eigenvalue weighted by molar-refractivity contribution is 0.0636. The average Bonchev–Trinajstić information content (AvgIpc) is 3.06. The van der Waals surface area contributed by atoms with Gasteiger partial charge in [-0.2, -0.15) is 0 Å². The molecular weight excluding hydrogens is 458 g/mol. The number of benzene rings is 2. The summed E-state index contributed by atoms with van der Waals surface area (Å²) >= 11 is 1.48. The molecule has 0 unspecified atom stereocenters. The molecule has 0 aliphatic rings. The molecule has 1 amide bonds. The molecule has 3 rings (SSSR count). The number of nitrogens with one attached hydrogen (secondary N) is 1. The fraction of sp³-hybridized carbons (Fsp3) is 0.333. The number of thiazole rings is 1. The summed E-state index contributed by atoms with van der Waals surface area (Å²) in [5.74, 6) is 0.0560. The summed E-state index contributed by atoms with van der Waals surface area (Å²) in [5, 5.41) is 3.27. The van der Waals surface area contributed by atoms with Gasteiger partial charge in [-0.3, -0.25) is 5.32 Å². The number of thiol groups is 1. The third-order valence-corrected chi connectivity index (χ3v) is 6.29. The smallest absolute Gasteiger partial charge is 0.412 e. The van der Waals surface area contributed by atoms with Gasteiger partial charge in [0.05, 0.1) is 11.4 Å². The minimum atomic E-state index is -2.43. The number of carbonyl (C=O) groups excluding carboxylic acids is 1. The number of hydrogen-bond acceptors (Lipinski definition) is 7. The highest BCUT2D eigenvalue weighted by Gasteiger charge is 2.16. The first-order chi connectivity index (χ1) is 15.6. The second-order valence-corrected chi connectivity index (χ2v) is 10.8. The van der Waals surface area contributed by atoms with E-state index in [1.54, 1.807) is 0 Å². The van der Waals surface area contributed by atoms with Crippen LogP contribution in [0, 0.1) is 0 Å². The maximum atomic E-state index is 11.9. The SMILES string of the molecule is CC(C)(C)OC(=O)Nc1ccc(CCc2nc(N)sc2Cc2ccc(C[SH](=O)=O)cc2)cc1. The molecule has 3 aromatic rings. The molecule has 0 atom stereocenters. The van der Waals surface area contributed by atoms with Crippen LogP contribution in [0.2, 0.25) is 0 Å². The van der Waals surface area contributed by atoms with Gasteiger partial charge in [0, 0.05) is 17.0 Å². The molecule has 1 heterocycles. The van der Waals surface area contributed by atoms with E-state index < -0.39 is 22.4 Å². The van der Waals surface area contributed by atoms with Crippen molar-refractivity contribution in [2.75, 3.05) is 11.1 Å². The molecule has 0 saturated heterocycles. The largest absolute Gasteiger partial charge is 0.444 e. The quantitative estimate of drug-likeness (QED) is 0.402. The van der Waals surface area contributed by atoms with Crippen LogP contribution in [-0.4, -0.2) is 25.1 Å². The van der Waals surface area contributed by atoms with E-state index >= 15 is 0 Å². The molecule has 0 spiro atoms. The second kappa shape index (κ2) is 10.8. The summed E-state index contributed by atoms with van der Waals surface area (Å²) in [6.07, 6.45) is 1.76. The Kier molecular flexibility index (Phi) is 8.10. The molecule has 0 fully saturated rings. The van der Waals surface area contributed by atoms with Crippen molar-refractivity contribution < 1.29 is 17.9 Å². The van der Waals surface area contributed by atoms with Gasteiger partial charge in [-0.05, 0) is 62.4 Å². The van der Waals surface area contributed by atoms with E-state index in [1.807, 2.05) is 69.3 Å². The van der Waals surface area contributed by atoms with Crippen molar-refractivity contribution in [2.45, 2.75) is 51.4 Å². The number of hydrogen-bond donors (Lipinski definition) is 3. The Morgan fingerprint density at radius 3 is 2.21 bits per heavy atom. The lowest BCUT2D eigenvalue weighted by Crippen LogP contribution is -2.27. The zero-order valence-corrected chi connectivity index (χ0v) is 20.7. The minimum Gasteiger partial charge on any atom is -0.444 e. The van der Waals surface area contributed by atoms with E-state index in [0.717, 1.165) is 40.1 Å². The minimum absolute atomic E-state index is 0.0560. The molecule has 0 aliphatic heterocycles. The highest BCUT2D eigenvalue weighted by Crippen LogP contribution is 2.25. The summed E-state index contributed by atoms with van der Waals surface area (Å²) in [7, 11) is -2.43. The highest BCUT2D eigenvalue weighted by atomic mass is 32.2. The third kappa shape index (κ3) is 8.18. The molecule has 33 heavy (non-hydrogen) atoms. The number of aromatic nitrogens is 1. The number of carbonyl (C=O) groups is 1. The van der Waals surface area contributed by atoms with Gasteiger partial charge in [-0.25, -0.2) is 18.2 Å². The molecule has 1 aromatic heterocycles. The molecule has 0 saturated carbocycles. The Bertz CT molecular complexity index is 1150. The number of aryl methyl sites for hydroxylation is 2. The molecule has 0 radical (unpaired) electrons. The molecule has 9 heteroatoms. The van der Waals surface area contributed by atoms with Crippen molar-refractivity contribution in [3.63, 3.8) is 0 Å². The first-order valence-corrected chi connectivity index (χ1v) is 12.8. The number of anilines is 2. The van der Waals surface area contributed by atoms with Crippen LogP contribution >= 0.6 is 11.3 Å². The molecule has 176 valence electrons. The Morgan fingerprint density at radius 1 is 1.00 bits per heavy atom. The molecule has 2 aromatic carbocycles. The van der Waals surface area contributed by atoms with Crippen molar-refractivity contribution in [1.82, 2.24) is 4.98 Å². The Morgan fingerprint density at radius 2 is 1.61 bits per heavy atom. The monoisotopic (exact) mass is 487 g/mol. The third-order valence-electron chi connectivity index (χ3n) is 4.74. The van der Waals surface area contributed by atoms with E-state index in [0.29, 0.717) is 17.2 Å². The van der Waals surface area contributed by atoms with Gasteiger partial charge in [0.25, 0.3) is 0 Å². The van der Waals surface area contributed by atoms with Crippen molar-refractivity contribution in [3.8, 4) is 0 Å². The summed E-state index contributed by atoms with van der Waals surface area (Å²) < 4.78 is 27.0. The van der Waals surface area contributed by atoms with E-state index in [1.165, 1.54) is 11.3 Å². The van der Waals surface area contributed by atoms with E-state index in [4.69, 9.17) is 10.5 Å².